The fourth-order valence-electron chi connectivity index (χ4n) is 16.7. The van der Waals surface area contributed by atoms with Gasteiger partial charge in [-0.25, -0.2) is 29.9 Å². The number of hydrogen-bond donors (Lipinski definition) is 0. The van der Waals surface area contributed by atoms with Crippen LogP contribution in [0.2, 0.25) is 0 Å². The third kappa shape index (κ3) is 10.7. The minimum atomic E-state index is 0.561. The maximum atomic E-state index is 6.89. The van der Waals surface area contributed by atoms with Crippen LogP contribution in [0.5, 0.6) is 0 Å². The molecule has 0 atom stereocenters. The number of furan rings is 4. The Kier molecular flexibility index (Phi) is 14.7. The van der Waals surface area contributed by atoms with Gasteiger partial charge in [-0.1, -0.05) is 243 Å². The van der Waals surface area contributed by atoms with E-state index in [9.17, 15) is 0 Å². The predicted octanol–water partition coefficient (Wildman–Crippen LogP) is 26.9. The van der Waals surface area contributed by atoms with Crippen molar-refractivity contribution in [2.24, 2.45) is 0 Å². The summed E-state index contributed by atoms with van der Waals surface area (Å²) in [6, 6.07) is 126. The van der Waals surface area contributed by atoms with Crippen LogP contribution in [0.25, 0.3) is 233 Å². The van der Waals surface area contributed by atoms with E-state index in [0.29, 0.717) is 34.9 Å². The predicted molar refractivity (Wildman–Crippen MR) is 461 cm³/mol. The number of nitrogens with zero attached hydrogens (tertiary/aromatic N) is 8. The molecule has 12 nitrogen and oxygen atoms in total. The maximum Gasteiger partial charge on any atom is 0.164 e. The molecule has 0 fully saturated rings. The van der Waals surface area contributed by atoms with E-state index in [1.807, 2.05) is 115 Å². The molecule has 0 unspecified atom stereocenters. The lowest BCUT2D eigenvalue weighted by Crippen LogP contribution is -2.00. The Bertz CT molecular complexity index is 7980. The van der Waals surface area contributed by atoms with Gasteiger partial charge in [-0.05, 0) is 144 Å². The average molecular weight is 1460 g/mol. The number of hydrogen-bond acceptors (Lipinski definition) is 10. The Morgan fingerprint density at radius 3 is 0.895 bits per heavy atom. The zero-order valence-corrected chi connectivity index (χ0v) is 60.9. The molecule has 0 spiro atoms. The first-order valence-corrected chi connectivity index (χ1v) is 38.0. The van der Waals surface area contributed by atoms with Gasteiger partial charge in [0.15, 0.2) is 34.9 Å². The Morgan fingerprint density at radius 1 is 0.167 bits per heavy atom. The van der Waals surface area contributed by atoms with Crippen molar-refractivity contribution >= 4 is 131 Å². The highest BCUT2D eigenvalue weighted by atomic mass is 16.3. The molecule has 24 aromatic rings. The van der Waals surface area contributed by atoms with Crippen molar-refractivity contribution in [2.45, 2.75) is 0 Å². The molecular formula is C102H60N8O4. The summed E-state index contributed by atoms with van der Waals surface area (Å²) in [5.41, 5.74) is 23.1. The molecule has 0 saturated carbocycles. The van der Waals surface area contributed by atoms with Crippen molar-refractivity contribution in [1.82, 2.24) is 39.0 Å². The maximum absolute atomic E-state index is 6.89. The third-order valence-corrected chi connectivity index (χ3v) is 22.1. The van der Waals surface area contributed by atoms with Crippen LogP contribution in [0.4, 0.5) is 0 Å². The van der Waals surface area contributed by atoms with Gasteiger partial charge in [-0.15, -0.1) is 0 Å². The lowest BCUT2D eigenvalue weighted by molar-refractivity contribution is 0.668. The molecule has 0 aliphatic heterocycles. The van der Waals surface area contributed by atoms with E-state index in [-0.39, 0.29) is 0 Å². The molecule has 532 valence electrons. The van der Waals surface area contributed by atoms with Crippen LogP contribution in [0.3, 0.4) is 0 Å². The summed E-state index contributed by atoms with van der Waals surface area (Å²) in [6.45, 7) is 0. The van der Waals surface area contributed by atoms with Gasteiger partial charge in [0.2, 0.25) is 0 Å². The zero-order chi connectivity index (χ0) is 74.9. The topological polar surface area (TPSA) is 140 Å². The number of rotatable bonds is 10. The molecule has 8 heterocycles. The summed E-state index contributed by atoms with van der Waals surface area (Å²) < 4.78 is 30.9. The van der Waals surface area contributed by atoms with E-state index in [0.717, 1.165) is 176 Å². The minimum absolute atomic E-state index is 0.561. The highest BCUT2D eigenvalue weighted by Crippen LogP contribution is 2.46. The molecule has 0 N–H and O–H groups in total. The molecule has 0 radical (unpaired) electrons. The highest BCUT2D eigenvalue weighted by molar-refractivity contribution is 6.26. The summed E-state index contributed by atoms with van der Waals surface area (Å²) in [4.78, 5) is 30.1. The van der Waals surface area contributed by atoms with Crippen LogP contribution in [0.1, 0.15) is 0 Å². The molecule has 16 aromatic carbocycles. The molecule has 0 amide bonds. The SMILES string of the molecule is c1ccc(-c2ccc(-n3c4ccccc4c4c5oc6cc(-c7nc(-c8ccccc8)nc(-c8ccc9c(c8)oc8ccccc89)n7)ccc6c5ccc43)cc2)cc1.c1ccc(-c2cccc(-n3c4ccccc4c4c5oc6cc(-c7nc(-c8ccccc8)nc(-c8ccc9c(c8)oc8ccccc89)n7)ccc6c5ccc43)c2)cc1. The molecule has 0 aliphatic carbocycles. The lowest BCUT2D eigenvalue weighted by Gasteiger charge is -2.10. The standard InChI is InChI=1S/2C51H30N4O2/c1-3-12-31(13-4-1)33-16-11-17-36(28-33)55-42-20-9-7-19-41(42)47-43(55)27-26-40-39-25-23-35(30-46(39)57-48(40)47)51-53-49(32-14-5-2-6-15-32)52-50(54-51)34-22-24-38-37-18-8-10-21-44(37)56-45(38)29-34;1-3-11-31(12-4-1)32-19-23-36(24-20-32)55-42-17-9-7-16-41(42)47-43(55)28-27-40-39-26-22-35(30-46(39)57-48(40)47)51-53-49(33-13-5-2-6-14-33)52-50(54-51)34-21-25-38-37-15-8-10-18-44(37)56-45(38)29-34/h2*1-30H. The molecule has 8 aromatic heterocycles. The van der Waals surface area contributed by atoms with Crippen LogP contribution < -0.4 is 0 Å². The van der Waals surface area contributed by atoms with E-state index in [4.69, 9.17) is 47.6 Å². The third-order valence-electron chi connectivity index (χ3n) is 22.1. The van der Waals surface area contributed by atoms with Crippen LogP contribution in [0, 0.1) is 0 Å². The summed E-state index contributed by atoms with van der Waals surface area (Å²) in [7, 11) is 0. The molecule has 114 heavy (non-hydrogen) atoms. The Labute approximate surface area is 650 Å². The number of para-hydroxylation sites is 4. The van der Waals surface area contributed by atoms with E-state index in [1.165, 1.54) is 22.3 Å². The normalized spacial score (nSPS) is 11.9. The van der Waals surface area contributed by atoms with Crippen LogP contribution in [0.15, 0.2) is 382 Å². The summed E-state index contributed by atoms with van der Waals surface area (Å²) in [6.07, 6.45) is 0. The second kappa shape index (κ2) is 26.0. The van der Waals surface area contributed by atoms with Crippen molar-refractivity contribution in [3.63, 3.8) is 0 Å². The van der Waals surface area contributed by atoms with Gasteiger partial charge in [0.1, 0.15) is 44.7 Å². The lowest BCUT2D eigenvalue weighted by atomic mass is 10.1. The smallest absolute Gasteiger partial charge is 0.164 e. The number of fused-ring (bicyclic) bond motifs is 20. The Balaban J connectivity index is 0.000000135. The summed E-state index contributed by atoms with van der Waals surface area (Å²) >= 11 is 0. The first-order valence-electron chi connectivity index (χ1n) is 38.0. The van der Waals surface area contributed by atoms with Crippen LogP contribution in [-0.2, 0) is 0 Å². The molecule has 0 bridgehead atoms. The van der Waals surface area contributed by atoms with Gasteiger partial charge in [0.25, 0.3) is 0 Å². The zero-order valence-electron chi connectivity index (χ0n) is 60.9. The van der Waals surface area contributed by atoms with Gasteiger partial charge >= 0.3 is 0 Å². The largest absolute Gasteiger partial charge is 0.456 e. The van der Waals surface area contributed by atoms with Crippen molar-refractivity contribution in [1.29, 1.82) is 0 Å². The highest BCUT2D eigenvalue weighted by Gasteiger charge is 2.25. The van der Waals surface area contributed by atoms with Crippen LogP contribution >= 0.6 is 0 Å². The van der Waals surface area contributed by atoms with Gasteiger partial charge in [0.05, 0.1) is 32.8 Å². The number of aromatic nitrogens is 8. The van der Waals surface area contributed by atoms with Crippen molar-refractivity contribution < 1.29 is 17.7 Å². The quantitative estimate of drug-likeness (QED) is 0.130. The Hall–Kier alpha value is -15.7. The first-order chi connectivity index (χ1) is 56.5. The summed E-state index contributed by atoms with van der Waals surface area (Å²) in [5, 5.41) is 12.9. The van der Waals surface area contributed by atoms with Crippen LogP contribution in [-0.4, -0.2) is 39.0 Å². The van der Waals surface area contributed by atoms with Gasteiger partial charge in [-0.2, -0.15) is 0 Å². The van der Waals surface area contributed by atoms with E-state index < -0.39 is 0 Å². The second-order valence-electron chi connectivity index (χ2n) is 28.8. The second-order valence-corrected chi connectivity index (χ2v) is 28.8. The summed E-state index contributed by atoms with van der Waals surface area (Å²) in [5.74, 6) is 3.44. The fraction of sp³-hybridized carbons (Fsp3) is 0. The van der Waals surface area contributed by atoms with Crippen molar-refractivity contribution in [2.75, 3.05) is 0 Å². The molecule has 0 saturated heterocycles. The van der Waals surface area contributed by atoms with Gasteiger partial charge in [0, 0.05) is 98.6 Å². The molecule has 0 aliphatic rings. The van der Waals surface area contributed by atoms with Crippen molar-refractivity contribution in [3.05, 3.63) is 364 Å². The molecule has 24 rings (SSSR count). The number of benzene rings is 16. The van der Waals surface area contributed by atoms with E-state index >= 15 is 0 Å². The van der Waals surface area contributed by atoms with E-state index in [1.54, 1.807) is 0 Å². The van der Waals surface area contributed by atoms with Crippen molar-refractivity contribution in [3.8, 4) is 102 Å². The van der Waals surface area contributed by atoms with Gasteiger partial charge in [-0.3, -0.25) is 0 Å². The van der Waals surface area contributed by atoms with Gasteiger partial charge < -0.3 is 26.8 Å². The molecular weight excluding hydrogens is 1400 g/mol. The Morgan fingerprint density at radius 2 is 0.465 bits per heavy atom. The fourth-order valence-corrected chi connectivity index (χ4v) is 16.7. The average Bonchev–Trinajstić information content (AvgIpc) is 1.56. The monoisotopic (exact) mass is 1460 g/mol. The minimum Gasteiger partial charge on any atom is -0.456 e. The van der Waals surface area contributed by atoms with E-state index in [2.05, 4.69) is 258 Å². The molecule has 12 heteroatoms. The first kappa shape index (κ1) is 64.3.